The molecule has 1 aliphatic rings. The first-order chi connectivity index (χ1) is 8.13. The van der Waals surface area contributed by atoms with Crippen LogP contribution in [-0.2, 0) is 4.74 Å². The molecule has 4 nitrogen and oxygen atoms in total. The minimum absolute atomic E-state index is 0.120. The molecule has 4 heteroatoms. The van der Waals surface area contributed by atoms with E-state index in [-0.39, 0.29) is 5.82 Å². The van der Waals surface area contributed by atoms with E-state index in [0.717, 1.165) is 17.9 Å². The maximum Gasteiger partial charge on any atom is 0.526 e. The molecule has 0 radical (unpaired) electrons. The fraction of sp³-hybridized carbons (Fsp3) is 0.385. The molecule has 0 aromatic heterocycles. The lowest BCUT2D eigenvalue weighted by Crippen LogP contribution is -2.26. The third-order valence-electron chi connectivity index (χ3n) is 2.57. The molecule has 0 saturated carbocycles. The zero-order valence-electron chi connectivity index (χ0n) is 10.3. The molecule has 0 saturated heterocycles. The first-order valence-electron chi connectivity index (χ1n) is 5.26. The van der Waals surface area contributed by atoms with Crippen LogP contribution >= 0.6 is 0 Å². The molecule has 0 bridgehead atoms. The summed E-state index contributed by atoms with van der Waals surface area (Å²) < 4.78 is 5.05. The van der Waals surface area contributed by atoms with E-state index < -0.39 is 0 Å². The lowest BCUT2D eigenvalue weighted by molar-refractivity contribution is 0.175. The van der Waals surface area contributed by atoms with Crippen molar-refractivity contribution in [2.75, 3.05) is 20.3 Å². The molecule has 0 spiro atoms. The zero-order chi connectivity index (χ0) is 12.8. The van der Waals surface area contributed by atoms with Crippen LogP contribution in [0.3, 0.4) is 0 Å². The Morgan fingerprint density at radius 2 is 1.76 bits per heavy atom. The van der Waals surface area contributed by atoms with Crippen molar-refractivity contribution in [1.82, 2.24) is 4.90 Å². The van der Waals surface area contributed by atoms with Gasteiger partial charge in [-0.05, 0) is 26.0 Å². The van der Waals surface area contributed by atoms with Crippen LogP contribution in [-0.4, -0.2) is 25.2 Å². The van der Waals surface area contributed by atoms with Gasteiger partial charge in [0.2, 0.25) is 0 Å². The van der Waals surface area contributed by atoms with E-state index in [9.17, 15) is 0 Å². The number of ether oxygens (including phenoxy) is 1. The van der Waals surface area contributed by atoms with Gasteiger partial charge in [0.25, 0.3) is 0 Å². The Kier molecular flexibility index (Phi) is 4.51. The number of hydrogen-bond donors (Lipinski definition) is 0. The highest BCUT2D eigenvalue weighted by molar-refractivity contribution is 5.46. The lowest BCUT2D eigenvalue weighted by Gasteiger charge is -2.28. The van der Waals surface area contributed by atoms with Gasteiger partial charge in [-0.3, -0.25) is 0 Å². The van der Waals surface area contributed by atoms with E-state index in [1.54, 1.807) is 7.11 Å². The Balaban J connectivity index is 3.04. The Morgan fingerprint density at radius 3 is 2.18 bits per heavy atom. The molecule has 0 aromatic carbocycles. The summed E-state index contributed by atoms with van der Waals surface area (Å²) in [7, 11) is 1.67. The average molecular weight is 229 g/mol. The molecule has 0 N–H and O–H groups in total. The summed E-state index contributed by atoms with van der Waals surface area (Å²) in [4.78, 5) is 8.57. The fourth-order valence-electron chi connectivity index (χ4n) is 1.74. The molecule has 1 rings (SSSR count). The van der Waals surface area contributed by atoms with Gasteiger partial charge >= 0.3 is 5.82 Å². The molecule has 0 unspecified atom stereocenters. The van der Waals surface area contributed by atoms with E-state index in [4.69, 9.17) is 17.9 Å². The fourth-order valence-corrected chi connectivity index (χ4v) is 1.74. The number of hydrogen-bond acceptors (Lipinski definition) is 2. The van der Waals surface area contributed by atoms with Gasteiger partial charge in [0.05, 0.1) is 12.2 Å². The van der Waals surface area contributed by atoms with E-state index >= 15 is 0 Å². The highest BCUT2D eigenvalue weighted by Gasteiger charge is 2.18. The van der Waals surface area contributed by atoms with Gasteiger partial charge in [-0.1, -0.05) is 0 Å². The topological polar surface area (TPSA) is 21.2 Å². The summed E-state index contributed by atoms with van der Waals surface area (Å²) in [5, 5.41) is 0. The molecule has 0 aliphatic carbocycles. The third kappa shape index (κ3) is 2.96. The van der Waals surface area contributed by atoms with Crippen molar-refractivity contribution in [3.8, 4) is 0 Å². The second-order valence-corrected chi connectivity index (χ2v) is 3.72. The van der Waals surface area contributed by atoms with Gasteiger partial charge in [0, 0.05) is 25.0 Å². The monoisotopic (exact) mass is 229 g/mol. The molecule has 1 heterocycles. The summed E-state index contributed by atoms with van der Waals surface area (Å²) >= 11 is 0. The molecule has 1 aliphatic heterocycles. The van der Waals surface area contributed by atoms with Gasteiger partial charge in [-0.15, -0.1) is 0 Å². The molecule has 0 fully saturated rings. The quantitative estimate of drug-likeness (QED) is 0.694. The number of allylic oxidation sites excluding steroid dienone is 5. The molecule has 0 atom stereocenters. The molecule has 0 aromatic rings. The maximum absolute atomic E-state index is 6.95. The highest BCUT2D eigenvalue weighted by atomic mass is 16.5. The Morgan fingerprint density at radius 1 is 1.24 bits per heavy atom. The van der Waals surface area contributed by atoms with Gasteiger partial charge in [-0.2, -0.15) is 9.69 Å². The molecular weight excluding hydrogens is 214 g/mol. The SMILES string of the molecule is [C-]#[N+]C([N+]#[C-])=C1C=C(C)N(CCOC)C(C)=C1. The summed E-state index contributed by atoms with van der Waals surface area (Å²) in [6.07, 6.45) is 3.74. The van der Waals surface area contributed by atoms with E-state index in [1.165, 1.54) is 0 Å². The average Bonchev–Trinajstić information content (AvgIpc) is 2.30. The van der Waals surface area contributed by atoms with Crippen molar-refractivity contribution in [3.63, 3.8) is 0 Å². The van der Waals surface area contributed by atoms with Crippen molar-refractivity contribution in [2.45, 2.75) is 13.8 Å². The first kappa shape index (κ1) is 13.0. The molecule has 88 valence electrons. The van der Waals surface area contributed by atoms with Gasteiger partial charge in [0.1, 0.15) is 13.1 Å². The normalized spacial score (nSPS) is 14.6. The number of rotatable bonds is 3. The highest BCUT2D eigenvalue weighted by Crippen LogP contribution is 2.25. The zero-order valence-corrected chi connectivity index (χ0v) is 10.3. The Bertz CT molecular complexity index is 434. The summed E-state index contributed by atoms with van der Waals surface area (Å²) in [5.74, 6) is 0.120. The summed E-state index contributed by atoms with van der Waals surface area (Å²) in [6.45, 7) is 19.3. The van der Waals surface area contributed by atoms with E-state index in [2.05, 4.69) is 14.6 Å². The van der Waals surface area contributed by atoms with Crippen molar-refractivity contribution < 1.29 is 4.74 Å². The van der Waals surface area contributed by atoms with Crippen LogP contribution in [0.25, 0.3) is 9.69 Å². The Hall–Kier alpha value is -2.04. The van der Waals surface area contributed by atoms with Gasteiger partial charge < -0.3 is 9.64 Å². The van der Waals surface area contributed by atoms with E-state index in [0.29, 0.717) is 12.2 Å². The van der Waals surface area contributed by atoms with Crippen molar-refractivity contribution >= 4 is 0 Å². The second-order valence-electron chi connectivity index (χ2n) is 3.72. The summed E-state index contributed by atoms with van der Waals surface area (Å²) in [5.41, 5.74) is 2.75. The third-order valence-corrected chi connectivity index (χ3v) is 2.57. The lowest BCUT2D eigenvalue weighted by atomic mass is 10.1. The van der Waals surface area contributed by atoms with Crippen molar-refractivity contribution in [1.29, 1.82) is 0 Å². The number of methoxy groups -OCH3 is 1. The molecule has 17 heavy (non-hydrogen) atoms. The smallest absolute Gasteiger partial charge is 0.383 e. The molecular formula is C13H15N3O. The summed E-state index contributed by atoms with van der Waals surface area (Å²) in [6, 6.07) is 0. The minimum atomic E-state index is 0.120. The minimum Gasteiger partial charge on any atom is -0.383 e. The van der Waals surface area contributed by atoms with Crippen LogP contribution in [0.4, 0.5) is 0 Å². The predicted octanol–water partition coefficient (Wildman–Crippen LogP) is 2.81. The predicted molar refractivity (Wildman–Crippen MR) is 66.3 cm³/mol. The van der Waals surface area contributed by atoms with Gasteiger partial charge in [0.15, 0.2) is 0 Å². The van der Waals surface area contributed by atoms with Crippen LogP contribution in [0, 0.1) is 13.1 Å². The van der Waals surface area contributed by atoms with E-state index in [1.807, 2.05) is 26.0 Å². The van der Waals surface area contributed by atoms with Crippen LogP contribution in [0.15, 0.2) is 34.9 Å². The van der Waals surface area contributed by atoms with Gasteiger partial charge in [-0.25, -0.2) is 0 Å². The largest absolute Gasteiger partial charge is 0.526 e. The maximum atomic E-state index is 6.95. The van der Waals surface area contributed by atoms with Crippen LogP contribution < -0.4 is 0 Å². The first-order valence-corrected chi connectivity index (χ1v) is 5.26. The number of nitrogens with zero attached hydrogens (tertiary/aromatic N) is 3. The standard InChI is InChI=1S/C13H15N3O/c1-10-8-12(13(14-3)15-4)9-11(2)16(10)6-7-17-5/h8-9H,6-7H2,1-2,5H3. The molecule has 0 amide bonds. The Labute approximate surface area is 102 Å². The second kappa shape index (κ2) is 5.89. The van der Waals surface area contributed by atoms with Crippen LogP contribution in [0.1, 0.15) is 13.8 Å². The van der Waals surface area contributed by atoms with Crippen molar-refractivity contribution in [2.24, 2.45) is 0 Å². The van der Waals surface area contributed by atoms with Crippen molar-refractivity contribution in [3.05, 3.63) is 57.8 Å². The van der Waals surface area contributed by atoms with Crippen LogP contribution in [0.5, 0.6) is 0 Å². The van der Waals surface area contributed by atoms with Crippen LogP contribution in [0.2, 0.25) is 0 Å².